The topological polar surface area (TPSA) is 95.5 Å². The minimum Gasteiger partial charge on any atom is -0.465 e. The summed E-state index contributed by atoms with van der Waals surface area (Å²) in [6.45, 7) is 0.345. The van der Waals surface area contributed by atoms with E-state index in [4.69, 9.17) is 5.11 Å². The molecule has 2 rings (SSSR count). The van der Waals surface area contributed by atoms with Crippen LogP contribution in [0.5, 0.6) is 0 Å². The zero-order valence-electron chi connectivity index (χ0n) is 12.3. The number of hydrogen-bond donors (Lipinski definition) is 3. The molecule has 0 aliphatic heterocycles. The summed E-state index contributed by atoms with van der Waals surface area (Å²) in [6.07, 6.45) is -0.355. The minimum atomic E-state index is -1.13. The third-order valence-corrected chi connectivity index (χ3v) is 3.17. The Morgan fingerprint density at radius 3 is 2.30 bits per heavy atom. The van der Waals surface area contributed by atoms with E-state index in [-0.39, 0.29) is 19.0 Å². The smallest absolute Gasteiger partial charge is 0.404 e. The van der Waals surface area contributed by atoms with Gasteiger partial charge in [-0.2, -0.15) is 0 Å². The molecule has 6 heteroatoms. The van der Waals surface area contributed by atoms with Crippen molar-refractivity contribution in [1.82, 2.24) is 10.6 Å². The monoisotopic (exact) mass is 312 g/mol. The number of rotatable bonds is 6. The van der Waals surface area contributed by atoms with Crippen LogP contribution in [0, 0.1) is 0 Å². The molecule has 0 spiro atoms. The van der Waals surface area contributed by atoms with E-state index in [1.54, 1.807) is 36.4 Å². The maximum Gasteiger partial charge on any atom is 0.404 e. The molecule has 23 heavy (non-hydrogen) atoms. The van der Waals surface area contributed by atoms with Crippen molar-refractivity contribution >= 4 is 18.3 Å². The Morgan fingerprint density at radius 1 is 0.957 bits per heavy atom. The van der Waals surface area contributed by atoms with Gasteiger partial charge >= 0.3 is 6.09 Å². The first-order chi connectivity index (χ1) is 11.1. The third-order valence-electron chi connectivity index (χ3n) is 3.17. The number of carbonyl (C=O) groups is 3. The summed E-state index contributed by atoms with van der Waals surface area (Å²) in [7, 11) is 0. The van der Waals surface area contributed by atoms with Gasteiger partial charge in [0.15, 0.2) is 0 Å². The molecule has 0 bridgehead atoms. The second kappa shape index (κ2) is 7.74. The van der Waals surface area contributed by atoms with E-state index in [1.165, 1.54) is 0 Å². The summed E-state index contributed by atoms with van der Waals surface area (Å²) in [5.41, 5.74) is 2.70. The van der Waals surface area contributed by atoms with Crippen molar-refractivity contribution in [2.45, 2.75) is 0 Å². The summed E-state index contributed by atoms with van der Waals surface area (Å²) < 4.78 is 0. The average molecular weight is 312 g/mol. The van der Waals surface area contributed by atoms with Crippen LogP contribution in [0.4, 0.5) is 4.79 Å². The molecule has 0 saturated heterocycles. The zero-order valence-corrected chi connectivity index (χ0v) is 12.3. The number of benzene rings is 2. The van der Waals surface area contributed by atoms with E-state index in [0.29, 0.717) is 11.1 Å². The van der Waals surface area contributed by atoms with Crippen LogP contribution in [0.1, 0.15) is 20.7 Å². The van der Waals surface area contributed by atoms with E-state index in [1.807, 2.05) is 12.1 Å². The summed E-state index contributed by atoms with van der Waals surface area (Å²) in [4.78, 5) is 33.2. The van der Waals surface area contributed by atoms with Crippen molar-refractivity contribution in [3.63, 3.8) is 0 Å². The highest BCUT2D eigenvalue weighted by molar-refractivity contribution is 5.95. The number of carbonyl (C=O) groups excluding carboxylic acids is 2. The van der Waals surface area contributed by atoms with Crippen LogP contribution in [0.25, 0.3) is 11.1 Å². The fraction of sp³-hybridized carbons (Fsp3) is 0.118. The van der Waals surface area contributed by atoms with Crippen molar-refractivity contribution in [3.8, 4) is 11.1 Å². The highest BCUT2D eigenvalue weighted by atomic mass is 16.4. The molecule has 0 aliphatic rings. The fourth-order valence-electron chi connectivity index (χ4n) is 2.08. The van der Waals surface area contributed by atoms with Gasteiger partial charge in [0.2, 0.25) is 0 Å². The van der Waals surface area contributed by atoms with Gasteiger partial charge < -0.3 is 15.7 Å². The van der Waals surface area contributed by atoms with Gasteiger partial charge in [-0.1, -0.05) is 30.3 Å². The fourth-order valence-corrected chi connectivity index (χ4v) is 2.08. The van der Waals surface area contributed by atoms with Gasteiger partial charge in [-0.3, -0.25) is 9.59 Å². The van der Waals surface area contributed by atoms with Gasteiger partial charge in [0.1, 0.15) is 6.29 Å². The molecule has 0 atom stereocenters. The highest BCUT2D eigenvalue weighted by Gasteiger charge is 2.07. The Hall–Kier alpha value is -3.15. The molecular formula is C17H16N2O4. The van der Waals surface area contributed by atoms with Gasteiger partial charge in [0.25, 0.3) is 5.91 Å². The second-order valence-corrected chi connectivity index (χ2v) is 4.81. The maximum absolute atomic E-state index is 12.1. The van der Waals surface area contributed by atoms with Crippen LogP contribution < -0.4 is 10.6 Å². The summed E-state index contributed by atoms with van der Waals surface area (Å²) in [5, 5.41) is 13.3. The van der Waals surface area contributed by atoms with Crippen LogP contribution in [0.15, 0.2) is 48.5 Å². The Balaban J connectivity index is 2.08. The van der Waals surface area contributed by atoms with Gasteiger partial charge in [0, 0.05) is 24.2 Å². The Labute approximate surface area is 133 Å². The largest absolute Gasteiger partial charge is 0.465 e. The number of carboxylic acid groups (broad SMARTS) is 1. The van der Waals surface area contributed by atoms with Crippen molar-refractivity contribution in [1.29, 1.82) is 0 Å². The van der Waals surface area contributed by atoms with E-state index in [2.05, 4.69) is 10.6 Å². The summed E-state index contributed by atoms with van der Waals surface area (Å²) in [6, 6.07) is 14.1. The normalized spacial score (nSPS) is 9.91. The van der Waals surface area contributed by atoms with Gasteiger partial charge in [-0.15, -0.1) is 0 Å². The Morgan fingerprint density at radius 2 is 1.61 bits per heavy atom. The standard InChI is InChI=1S/C17H16N2O4/c20-11-12-3-1-4-13(9-12)14-5-2-6-15(10-14)16(21)18-7-8-19-17(22)23/h1-6,9-11,19H,7-8H2,(H,18,21)(H,22,23). The van der Waals surface area contributed by atoms with E-state index in [0.717, 1.165) is 17.4 Å². The number of amides is 2. The van der Waals surface area contributed by atoms with E-state index < -0.39 is 6.09 Å². The molecule has 2 amide bonds. The zero-order chi connectivity index (χ0) is 16.7. The molecule has 0 heterocycles. The van der Waals surface area contributed by atoms with Crippen molar-refractivity contribution in [3.05, 3.63) is 59.7 Å². The van der Waals surface area contributed by atoms with E-state index in [9.17, 15) is 14.4 Å². The Kier molecular flexibility index (Phi) is 5.46. The van der Waals surface area contributed by atoms with Crippen LogP contribution in [-0.4, -0.2) is 36.5 Å². The minimum absolute atomic E-state index is 0.141. The number of nitrogens with one attached hydrogen (secondary N) is 2. The van der Waals surface area contributed by atoms with Crippen LogP contribution in [0.3, 0.4) is 0 Å². The van der Waals surface area contributed by atoms with Crippen LogP contribution in [0.2, 0.25) is 0 Å². The first kappa shape index (κ1) is 16.2. The summed E-state index contributed by atoms with van der Waals surface area (Å²) in [5.74, 6) is -0.286. The molecule has 0 unspecified atom stereocenters. The quantitative estimate of drug-likeness (QED) is 0.562. The first-order valence-corrected chi connectivity index (χ1v) is 7.01. The molecule has 2 aromatic carbocycles. The average Bonchev–Trinajstić information content (AvgIpc) is 2.58. The van der Waals surface area contributed by atoms with Crippen LogP contribution >= 0.6 is 0 Å². The van der Waals surface area contributed by atoms with Gasteiger partial charge in [-0.05, 0) is 29.3 Å². The van der Waals surface area contributed by atoms with Crippen molar-refractivity contribution in [2.24, 2.45) is 0 Å². The van der Waals surface area contributed by atoms with Crippen LogP contribution in [-0.2, 0) is 0 Å². The molecule has 0 aromatic heterocycles. The first-order valence-electron chi connectivity index (χ1n) is 7.01. The molecule has 3 N–H and O–H groups in total. The Bertz CT molecular complexity index is 728. The van der Waals surface area contributed by atoms with E-state index >= 15 is 0 Å². The molecule has 118 valence electrons. The molecule has 0 saturated carbocycles. The predicted octanol–water partition coefficient (Wildman–Crippen LogP) is 2.16. The molecule has 2 aromatic rings. The number of hydrogen-bond acceptors (Lipinski definition) is 3. The van der Waals surface area contributed by atoms with Gasteiger partial charge in [0.05, 0.1) is 0 Å². The maximum atomic E-state index is 12.1. The molecular weight excluding hydrogens is 296 g/mol. The van der Waals surface area contributed by atoms with Gasteiger partial charge in [-0.25, -0.2) is 4.79 Å². The molecule has 0 radical (unpaired) electrons. The molecule has 0 aliphatic carbocycles. The lowest BCUT2D eigenvalue weighted by molar-refractivity contribution is 0.0953. The third kappa shape index (κ3) is 4.67. The lowest BCUT2D eigenvalue weighted by Crippen LogP contribution is -2.33. The lowest BCUT2D eigenvalue weighted by Gasteiger charge is -2.08. The van der Waals surface area contributed by atoms with Crippen molar-refractivity contribution in [2.75, 3.05) is 13.1 Å². The second-order valence-electron chi connectivity index (χ2n) is 4.81. The van der Waals surface area contributed by atoms with Crippen molar-refractivity contribution < 1.29 is 19.5 Å². The SMILES string of the molecule is O=Cc1cccc(-c2cccc(C(=O)NCCNC(=O)O)c2)c1. The molecule has 6 nitrogen and oxygen atoms in total. The number of aldehydes is 1. The highest BCUT2D eigenvalue weighted by Crippen LogP contribution is 2.21. The summed E-state index contributed by atoms with van der Waals surface area (Å²) >= 11 is 0. The predicted molar refractivity (Wildman–Crippen MR) is 85.6 cm³/mol. The molecule has 0 fully saturated rings. The lowest BCUT2D eigenvalue weighted by atomic mass is 10.0.